The van der Waals surface area contributed by atoms with Gasteiger partial charge in [-0.15, -0.1) is 0 Å². The fourth-order valence-electron chi connectivity index (χ4n) is 5.06. The fraction of sp³-hybridized carbons (Fsp3) is 0.464. The van der Waals surface area contributed by atoms with Crippen molar-refractivity contribution in [2.24, 2.45) is 0 Å². The second kappa shape index (κ2) is 12.4. The maximum absolute atomic E-state index is 13.6. The van der Waals surface area contributed by atoms with Crippen LogP contribution in [-0.4, -0.2) is 126 Å². The predicted octanol–water partition coefficient (Wildman–Crippen LogP) is -2.46. The standard InChI is InChI=1S/C28H32O16/c1-9-4-10(2-3-13(9)41-27-23(38)21(36)18(33)15(7-29)42-27)25-26(20(35)17-12(32)5-11(31)6-14(17)40-25)44-28-24(39)22(37)19(34)16(8-30)43-28/h2-6,15-16,18-19,21-24,27-34,36-39H,7-8H2,1H3/t15-,16-,18-,19-,21+,22+,23-,24-,27-,28+/m1/s1. The van der Waals surface area contributed by atoms with Crippen LogP contribution >= 0.6 is 0 Å². The van der Waals surface area contributed by atoms with E-state index >= 15 is 0 Å². The van der Waals surface area contributed by atoms with E-state index in [9.17, 15) is 55.9 Å². The van der Waals surface area contributed by atoms with E-state index in [1.165, 1.54) is 18.2 Å². The second-order valence-electron chi connectivity index (χ2n) is 10.5. The molecule has 240 valence electrons. The van der Waals surface area contributed by atoms with E-state index in [0.29, 0.717) is 5.56 Å². The Morgan fingerprint density at radius 1 is 0.750 bits per heavy atom. The Morgan fingerprint density at radius 2 is 1.32 bits per heavy atom. The minimum Gasteiger partial charge on any atom is -0.508 e. The van der Waals surface area contributed by atoms with E-state index in [0.717, 1.165) is 12.1 Å². The van der Waals surface area contributed by atoms with Gasteiger partial charge in [0.05, 0.1) is 13.2 Å². The molecule has 16 nitrogen and oxygen atoms in total. The van der Waals surface area contributed by atoms with Gasteiger partial charge < -0.3 is 74.4 Å². The number of ether oxygens (including phenoxy) is 4. The maximum atomic E-state index is 13.6. The molecule has 2 aliphatic heterocycles. The number of rotatable bonds is 7. The number of hydrogen-bond acceptors (Lipinski definition) is 16. The smallest absolute Gasteiger partial charge is 0.239 e. The third kappa shape index (κ3) is 5.68. The van der Waals surface area contributed by atoms with Crippen LogP contribution in [0, 0.1) is 6.92 Å². The maximum Gasteiger partial charge on any atom is 0.239 e. The highest BCUT2D eigenvalue weighted by Gasteiger charge is 2.46. The zero-order valence-electron chi connectivity index (χ0n) is 23.0. The molecule has 2 fully saturated rings. The van der Waals surface area contributed by atoms with Crippen molar-refractivity contribution in [2.45, 2.75) is 68.3 Å². The number of phenols is 2. The Kier molecular flexibility index (Phi) is 9.01. The summed E-state index contributed by atoms with van der Waals surface area (Å²) in [7, 11) is 0. The molecular formula is C28H32O16. The summed E-state index contributed by atoms with van der Waals surface area (Å²) in [6, 6.07) is 6.19. The number of aliphatic hydroxyl groups excluding tert-OH is 8. The normalized spacial score (nSPS) is 32.5. The van der Waals surface area contributed by atoms with Crippen molar-refractivity contribution in [1.29, 1.82) is 0 Å². The van der Waals surface area contributed by atoms with Gasteiger partial charge in [0, 0.05) is 17.7 Å². The van der Waals surface area contributed by atoms with Crippen LogP contribution < -0.4 is 14.9 Å². The Hall–Kier alpha value is -3.55. The van der Waals surface area contributed by atoms with E-state index in [2.05, 4.69) is 0 Å². The van der Waals surface area contributed by atoms with Gasteiger partial charge >= 0.3 is 0 Å². The first kappa shape index (κ1) is 31.9. The number of phenolic OH excluding ortho intramolecular Hbond substituents is 2. The monoisotopic (exact) mass is 624 g/mol. The fourth-order valence-corrected chi connectivity index (χ4v) is 5.06. The number of fused-ring (bicyclic) bond motifs is 1. The van der Waals surface area contributed by atoms with Gasteiger partial charge in [-0.25, -0.2) is 0 Å². The number of hydrogen-bond donors (Lipinski definition) is 10. The van der Waals surface area contributed by atoms with Crippen LogP contribution in [0.1, 0.15) is 5.56 Å². The first-order valence-electron chi connectivity index (χ1n) is 13.4. The number of aryl methyl sites for hydroxylation is 1. The third-order valence-corrected chi connectivity index (χ3v) is 7.53. The summed E-state index contributed by atoms with van der Waals surface area (Å²) in [5.41, 5.74) is -0.692. The minimum atomic E-state index is -1.89. The van der Waals surface area contributed by atoms with Gasteiger partial charge in [0.15, 0.2) is 5.76 Å². The predicted molar refractivity (Wildman–Crippen MR) is 145 cm³/mol. The van der Waals surface area contributed by atoms with Crippen molar-refractivity contribution in [3.63, 3.8) is 0 Å². The Labute approximate surface area is 247 Å². The molecular weight excluding hydrogens is 592 g/mol. The number of aliphatic hydroxyl groups is 8. The van der Waals surface area contributed by atoms with Crippen molar-refractivity contribution in [1.82, 2.24) is 0 Å². The van der Waals surface area contributed by atoms with Gasteiger partial charge in [-0.2, -0.15) is 0 Å². The quantitative estimate of drug-likeness (QED) is 0.131. The summed E-state index contributed by atoms with van der Waals surface area (Å²) in [5, 5.41) is 100. The van der Waals surface area contributed by atoms with Crippen LogP contribution in [0.5, 0.6) is 23.0 Å². The molecule has 0 radical (unpaired) electrons. The molecule has 3 heterocycles. The number of benzene rings is 2. The van der Waals surface area contributed by atoms with Crippen LogP contribution in [0.3, 0.4) is 0 Å². The lowest BCUT2D eigenvalue weighted by molar-refractivity contribution is -0.277. The summed E-state index contributed by atoms with van der Waals surface area (Å²) < 4.78 is 28.0. The average Bonchev–Trinajstić information content (AvgIpc) is 2.99. The highest BCUT2D eigenvalue weighted by atomic mass is 16.7. The SMILES string of the molecule is Cc1cc(-c2oc3cc(O)cc(O)c3c(=O)c2O[C@@H]2O[C@H](CO)[C@@H](O)[C@H](O)[C@H]2O)ccc1O[C@@H]1O[C@H](CO)[C@@H](O)[C@H](O)[C@H]1O. The van der Waals surface area contributed by atoms with Crippen LogP contribution in [0.15, 0.2) is 39.5 Å². The molecule has 44 heavy (non-hydrogen) atoms. The second-order valence-corrected chi connectivity index (χ2v) is 10.5. The van der Waals surface area contributed by atoms with Gasteiger partial charge in [0.25, 0.3) is 0 Å². The zero-order chi connectivity index (χ0) is 32.0. The van der Waals surface area contributed by atoms with E-state index < -0.39 is 103 Å². The molecule has 0 saturated carbocycles. The van der Waals surface area contributed by atoms with Crippen molar-refractivity contribution >= 4 is 11.0 Å². The average molecular weight is 625 g/mol. The van der Waals surface area contributed by atoms with E-state index in [-0.39, 0.29) is 22.7 Å². The van der Waals surface area contributed by atoms with E-state index in [4.69, 9.17) is 23.4 Å². The summed E-state index contributed by atoms with van der Waals surface area (Å²) in [4.78, 5) is 13.6. The number of aromatic hydroxyl groups is 2. The van der Waals surface area contributed by atoms with Gasteiger partial charge in [0.2, 0.25) is 23.8 Å². The Balaban J connectivity index is 1.55. The zero-order valence-corrected chi connectivity index (χ0v) is 23.0. The van der Waals surface area contributed by atoms with Crippen molar-refractivity contribution < 1.29 is 74.4 Å². The molecule has 0 unspecified atom stereocenters. The first-order valence-corrected chi connectivity index (χ1v) is 13.4. The summed E-state index contributed by atoms with van der Waals surface area (Å²) in [6.45, 7) is 0.142. The summed E-state index contributed by atoms with van der Waals surface area (Å²) >= 11 is 0. The summed E-state index contributed by atoms with van der Waals surface area (Å²) in [6.07, 6.45) is -16.2. The Morgan fingerprint density at radius 3 is 1.86 bits per heavy atom. The highest BCUT2D eigenvalue weighted by molar-refractivity contribution is 5.88. The molecule has 0 bridgehead atoms. The molecule has 10 atom stereocenters. The third-order valence-electron chi connectivity index (χ3n) is 7.53. The first-order chi connectivity index (χ1) is 20.9. The van der Waals surface area contributed by atoms with E-state index in [1.54, 1.807) is 6.92 Å². The molecule has 2 saturated heterocycles. The molecule has 3 aromatic rings. The summed E-state index contributed by atoms with van der Waals surface area (Å²) in [5.74, 6) is -1.85. The molecule has 16 heteroatoms. The molecule has 2 aliphatic rings. The van der Waals surface area contributed by atoms with Crippen LogP contribution in [0.4, 0.5) is 0 Å². The van der Waals surface area contributed by atoms with E-state index in [1.807, 2.05) is 0 Å². The van der Waals surface area contributed by atoms with Crippen LogP contribution in [0.25, 0.3) is 22.3 Å². The lowest BCUT2D eigenvalue weighted by Crippen LogP contribution is -2.60. The van der Waals surface area contributed by atoms with Gasteiger partial charge in [-0.3, -0.25) is 4.79 Å². The molecule has 1 aromatic heterocycles. The van der Waals surface area contributed by atoms with Gasteiger partial charge in [-0.05, 0) is 30.7 Å². The lowest BCUT2D eigenvalue weighted by Gasteiger charge is -2.39. The topological polar surface area (TPSA) is 269 Å². The molecule has 5 rings (SSSR count). The highest BCUT2D eigenvalue weighted by Crippen LogP contribution is 2.38. The van der Waals surface area contributed by atoms with Gasteiger partial charge in [-0.1, -0.05) is 0 Å². The lowest BCUT2D eigenvalue weighted by atomic mass is 9.99. The van der Waals surface area contributed by atoms with Crippen LogP contribution in [0.2, 0.25) is 0 Å². The molecule has 10 N–H and O–H groups in total. The molecule has 0 spiro atoms. The van der Waals surface area contributed by atoms with Gasteiger partial charge in [0.1, 0.15) is 77.0 Å². The van der Waals surface area contributed by atoms with Crippen molar-refractivity contribution in [3.8, 4) is 34.3 Å². The Bertz CT molecular complexity index is 1550. The van der Waals surface area contributed by atoms with Crippen LogP contribution in [-0.2, 0) is 9.47 Å². The molecule has 2 aromatic carbocycles. The van der Waals surface area contributed by atoms with Crippen molar-refractivity contribution in [2.75, 3.05) is 13.2 Å². The molecule has 0 aliphatic carbocycles. The molecule has 0 amide bonds. The minimum absolute atomic E-state index is 0.118. The van der Waals surface area contributed by atoms with Crippen molar-refractivity contribution in [3.05, 3.63) is 46.1 Å². The largest absolute Gasteiger partial charge is 0.508 e.